The molecule has 1 aromatic carbocycles. The summed E-state index contributed by atoms with van der Waals surface area (Å²) in [5.74, 6) is 3.56. The Labute approximate surface area is 180 Å². The van der Waals surface area contributed by atoms with Crippen LogP contribution in [0.5, 0.6) is 5.75 Å². The van der Waals surface area contributed by atoms with Crippen molar-refractivity contribution in [1.82, 2.24) is 19.7 Å². The van der Waals surface area contributed by atoms with Crippen molar-refractivity contribution in [3.05, 3.63) is 51.6 Å². The number of rotatable bonds is 4. The van der Waals surface area contributed by atoms with Crippen LogP contribution in [0, 0.1) is 6.92 Å². The lowest BCUT2D eigenvalue weighted by molar-refractivity contribution is 0.208. The van der Waals surface area contributed by atoms with Crippen LogP contribution in [0.15, 0.2) is 30.3 Å². The highest BCUT2D eigenvalue weighted by atomic mass is 35.5. The molecule has 2 aliphatic heterocycles. The van der Waals surface area contributed by atoms with Gasteiger partial charge >= 0.3 is 0 Å². The fourth-order valence-corrected chi connectivity index (χ4v) is 5.43. The Kier molecular flexibility index (Phi) is 5.33. The Bertz CT molecular complexity index is 989. The first kappa shape index (κ1) is 19.1. The molecule has 0 bridgehead atoms. The molecule has 29 heavy (non-hydrogen) atoms. The van der Waals surface area contributed by atoms with E-state index in [9.17, 15) is 0 Å². The number of hydrogen-bond acceptors (Lipinski definition) is 5. The fraction of sp³-hybridized carbons (Fsp3) is 0.455. The summed E-state index contributed by atoms with van der Waals surface area (Å²) >= 11 is 7.73. The molecule has 7 heteroatoms. The predicted octanol–water partition coefficient (Wildman–Crippen LogP) is 4.78. The van der Waals surface area contributed by atoms with E-state index in [1.54, 1.807) is 11.3 Å². The van der Waals surface area contributed by atoms with E-state index >= 15 is 0 Å². The highest BCUT2D eigenvalue weighted by molar-refractivity contribution is 7.15. The summed E-state index contributed by atoms with van der Waals surface area (Å²) in [7, 11) is 0. The van der Waals surface area contributed by atoms with Gasteiger partial charge in [0.2, 0.25) is 0 Å². The van der Waals surface area contributed by atoms with Crippen molar-refractivity contribution in [3.8, 4) is 16.5 Å². The van der Waals surface area contributed by atoms with E-state index in [4.69, 9.17) is 16.3 Å². The maximum Gasteiger partial charge on any atom is 0.178 e. The molecule has 0 radical (unpaired) electrons. The third-order valence-corrected chi connectivity index (χ3v) is 7.24. The topological polar surface area (TPSA) is 43.2 Å². The summed E-state index contributed by atoms with van der Waals surface area (Å²) in [4.78, 5) is 4.94. The van der Waals surface area contributed by atoms with Crippen molar-refractivity contribution in [1.29, 1.82) is 0 Å². The van der Waals surface area contributed by atoms with Crippen LogP contribution in [0.25, 0.3) is 10.7 Å². The van der Waals surface area contributed by atoms with Crippen molar-refractivity contribution in [3.63, 3.8) is 0 Å². The van der Waals surface area contributed by atoms with Gasteiger partial charge in [0.1, 0.15) is 23.1 Å². The first-order valence-electron chi connectivity index (χ1n) is 10.3. The van der Waals surface area contributed by atoms with Gasteiger partial charge in [-0.3, -0.25) is 0 Å². The smallest absolute Gasteiger partial charge is 0.178 e. The molecular formula is C22H25ClN4OS. The number of nitrogens with zero attached hydrogens (tertiary/aromatic N) is 4. The van der Waals surface area contributed by atoms with Gasteiger partial charge in [0.15, 0.2) is 5.82 Å². The molecule has 0 saturated carbocycles. The molecule has 2 aromatic heterocycles. The van der Waals surface area contributed by atoms with Crippen LogP contribution < -0.4 is 4.74 Å². The number of fused-ring (bicyclic) bond motifs is 3. The van der Waals surface area contributed by atoms with Crippen molar-refractivity contribution in [2.75, 3.05) is 26.2 Å². The molecule has 4 heterocycles. The summed E-state index contributed by atoms with van der Waals surface area (Å²) in [5, 5.41) is 10.0. The van der Waals surface area contributed by atoms with Crippen LogP contribution in [0.3, 0.4) is 0 Å². The van der Waals surface area contributed by atoms with Gasteiger partial charge < -0.3 is 14.2 Å². The molecule has 0 unspecified atom stereocenters. The van der Waals surface area contributed by atoms with Gasteiger partial charge in [-0.1, -0.05) is 23.7 Å². The first-order chi connectivity index (χ1) is 14.2. The van der Waals surface area contributed by atoms with E-state index in [1.807, 2.05) is 12.1 Å². The predicted molar refractivity (Wildman–Crippen MR) is 117 cm³/mol. The van der Waals surface area contributed by atoms with Crippen LogP contribution in [0.2, 0.25) is 5.02 Å². The van der Waals surface area contributed by atoms with Crippen LogP contribution >= 0.6 is 22.9 Å². The number of ether oxygens (including phenoxy) is 1. The van der Waals surface area contributed by atoms with Crippen molar-refractivity contribution >= 4 is 22.9 Å². The van der Waals surface area contributed by atoms with E-state index in [0.29, 0.717) is 12.5 Å². The van der Waals surface area contributed by atoms with E-state index in [1.165, 1.54) is 10.4 Å². The summed E-state index contributed by atoms with van der Waals surface area (Å²) < 4.78 is 8.26. The average molecular weight is 429 g/mol. The third-order valence-electron chi connectivity index (χ3n) is 5.96. The molecule has 0 atom stereocenters. The SMILES string of the molecule is Cc1cc2c(s1)-c1nnc(C3CCN(CCc4ccc(Cl)cc4)CC3)n1CCO2. The van der Waals surface area contributed by atoms with Gasteiger partial charge in [0, 0.05) is 22.4 Å². The summed E-state index contributed by atoms with van der Waals surface area (Å²) in [6.45, 7) is 6.94. The minimum absolute atomic E-state index is 0.477. The highest BCUT2D eigenvalue weighted by Gasteiger charge is 2.29. The number of benzene rings is 1. The van der Waals surface area contributed by atoms with Crippen LogP contribution in [-0.4, -0.2) is 45.9 Å². The molecule has 2 aliphatic rings. The molecule has 0 spiro atoms. The number of hydrogen-bond donors (Lipinski definition) is 0. The zero-order chi connectivity index (χ0) is 19.8. The Morgan fingerprint density at radius 3 is 2.72 bits per heavy atom. The number of thiophene rings is 1. The van der Waals surface area contributed by atoms with Crippen molar-refractivity contribution in [2.45, 2.75) is 38.6 Å². The van der Waals surface area contributed by atoms with Gasteiger partial charge in [-0.05, 0) is 63.0 Å². The molecule has 0 aliphatic carbocycles. The zero-order valence-corrected chi connectivity index (χ0v) is 18.2. The number of aromatic nitrogens is 3. The van der Waals surface area contributed by atoms with Gasteiger partial charge in [-0.15, -0.1) is 21.5 Å². The van der Waals surface area contributed by atoms with E-state index in [0.717, 1.165) is 72.7 Å². The lowest BCUT2D eigenvalue weighted by atomic mass is 9.95. The first-order valence-corrected chi connectivity index (χ1v) is 11.5. The van der Waals surface area contributed by atoms with Crippen LogP contribution in [0.1, 0.15) is 35.0 Å². The molecule has 5 rings (SSSR count). The van der Waals surface area contributed by atoms with E-state index in [-0.39, 0.29) is 0 Å². The maximum atomic E-state index is 5.98. The Hall–Kier alpha value is -1.89. The number of aryl methyl sites for hydroxylation is 1. The summed E-state index contributed by atoms with van der Waals surface area (Å²) in [6, 6.07) is 10.3. The number of piperidine rings is 1. The van der Waals surface area contributed by atoms with E-state index in [2.05, 4.69) is 44.8 Å². The molecule has 152 valence electrons. The number of halogens is 1. The second-order valence-electron chi connectivity index (χ2n) is 7.92. The quantitative estimate of drug-likeness (QED) is 0.599. The highest BCUT2D eigenvalue weighted by Crippen LogP contribution is 2.40. The van der Waals surface area contributed by atoms with Crippen molar-refractivity contribution in [2.24, 2.45) is 0 Å². The lowest BCUT2D eigenvalue weighted by Crippen LogP contribution is -2.35. The van der Waals surface area contributed by atoms with E-state index < -0.39 is 0 Å². The van der Waals surface area contributed by atoms with Crippen LogP contribution in [-0.2, 0) is 13.0 Å². The second kappa shape index (κ2) is 8.09. The Morgan fingerprint density at radius 2 is 1.93 bits per heavy atom. The third kappa shape index (κ3) is 3.93. The monoisotopic (exact) mass is 428 g/mol. The van der Waals surface area contributed by atoms with Gasteiger partial charge in [0.05, 0.1) is 6.54 Å². The maximum absolute atomic E-state index is 5.98. The molecule has 5 nitrogen and oxygen atoms in total. The standard InChI is InChI=1S/C22H25ClN4OS/c1-15-14-19-20(29-15)22-25-24-21(27(22)12-13-28-19)17-7-10-26(11-8-17)9-6-16-2-4-18(23)5-3-16/h2-5,14,17H,6-13H2,1H3. The van der Waals surface area contributed by atoms with Crippen LogP contribution in [0.4, 0.5) is 0 Å². The molecule has 1 saturated heterocycles. The molecule has 0 N–H and O–H groups in total. The minimum Gasteiger partial charge on any atom is -0.490 e. The van der Waals surface area contributed by atoms with Gasteiger partial charge in [0.25, 0.3) is 0 Å². The Morgan fingerprint density at radius 1 is 1.14 bits per heavy atom. The number of likely N-dealkylation sites (tertiary alicyclic amines) is 1. The molecular weight excluding hydrogens is 404 g/mol. The summed E-state index contributed by atoms with van der Waals surface area (Å²) in [5.41, 5.74) is 1.35. The normalized spacial score (nSPS) is 17.4. The van der Waals surface area contributed by atoms with Gasteiger partial charge in [-0.2, -0.15) is 0 Å². The minimum atomic E-state index is 0.477. The van der Waals surface area contributed by atoms with Gasteiger partial charge in [-0.25, -0.2) is 0 Å². The van der Waals surface area contributed by atoms with Crippen molar-refractivity contribution < 1.29 is 4.74 Å². The average Bonchev–Trinajstić information content (AvgIpc) is 3.27. The molecule has 1 fully saturated rings. The Balaban J connectivity index is 1.24. The summed E-state index contributed by atoms with van der Waals surface area (Å²) in [6.07, 6.45) is 3.34. The lowest BCUT2D eigenvalue weighted by Gasteiger charge is -2.31. The molecule has 3 aromatic rings. The largest absolute Gasteiger partial charge is 0.490 e. The second-order valence-corrected chi connectivity index (χ2v) is 9.62. The molecule has 0 amide bonds. The zero-order valence-electron chi connectivity index (χ0n) is 16.6. The fourth-order valence-electron chi connectivity index (χ4n) is 4.36.